The molecule has 0 aliphatic carbocycles. The second-order valence-electron chi connectivity index (χ2n) is 7.97. The van der Waals surface area contributed by atoms with Crippen LogP contribution in [0, 0.1) is 0 Å². The number of amides is 2. The van der Waals surface area contributed by atoms with Crippen molar-refractivity contribution in [2.45, 2.75) is 13.0 Å². The van der Waals surface area contributed by atoms with Crippen LogP contribution in [0.25, 0.3) is 33.1 Å². The Morgan fingerprint density at radius 2 is 2.00 bits per heavy atom. The van der Waals surface area contributed by atoms with Crippen LogP contribution in [-0.4, -0.2) is 67.8 Å². The predicted octanol–water partition coefficient (Wildman–Crippen LogP) is 4.26. The molecule has 1 atom stereocenters. The maximum atomic E-state index is 13.1. The Kier molecular flexibility index (Phi) is 4.94. The summed E-state index contributed by atoms with van der Waals surface area (Å²) in [5, 5.41) is 18.5. The van der Waals surface area contributed by atoms with E-state index in [-0.39, 0.29) is 11.9 Å². The Bertz CT molecular complexity index is 1370. The van der Waals surface area contributed by atoms with Gasteiger partial charge in [-0.3, -0.25) is 9.89 Å². The molecule has 9 heteroatoms. The number of fused-ring (bicyclic) bond motifs is 2. The molecular formula is C23H20ClN5O3. The van der Waals surface area contributed by atoms with Gasteiger partial charge < -0.3 is 14.9 Å². The van der Waals surface area contributed by atoms with Crippen molar-refractivity contribution in [1.82, 2.24) is 25.0 Å². The van der Waals surface area contributed by atoms with E-state index in [0.717, 1.165) is 21.9 Å². The van der Waals surface area contributed by atoms with Gasteiger partial charge in [0.2, 0.25) is 0 Å². The highest BCUT2D eigenvalue weighted by Crippen LogP contribution is 2.30. The SMILES string of the molecule is C[C@H]1CN(C(=O)c2ccc3c(Cl)cc(-c4ccc5[nH]ncc5c4)nc3c2)CCN1C(=O)O. The number of nitrogens with zero attached hydrogens (tertiary/aromatic N) is 4. The summed E-state index contributed by atoms with van der Waals surface area (Å²) >= 11 is 6.54. The number of pyridine rings is 1. The van der Waals surface area contributed by atoms with Gasteiger partial charge in [0.1, 0.15) is 0 Å². The molecule has 1 saturated heterocycles. The van der Waals surface area contributed by atoms with E-state index in [2.05, 4.69) is 10.2 Å². The fourth-order valence-electron chi connectivity index (χ4n) is 4.18. The van der Waals surface area contributed by atoms with E-state index in [1.54, 1.807) is 36.2 Å². The van der Waals surface area contributed by atoms with Crippen LogP contribution in [0.5, 0.6) is 0 Å². The predicted molar refractivity (Wildman–Crippen MR) is 122 cm³/mol. The summed E-state index contributed by atoms with van der Waals surface area (Å²) in [6, 6.07) is 12.7. The minimum atomic E-state index is -0.963. The average molecular weight is 450 g/mol. The van der Waals surface area contributed by atoms with Gasteiger partial charge in [0, 0.05) is 47.6 Å². The summed E-state index contributed by atoms with van der Waals surface area (Å²) < 4.78 is 0. The van der Waals surface area contributed by atoms with Gasteiger partial charge >= 0.3 is 6.09 Å². The molecule has 1 aliphatic rings. The highest BCUT2D eigenvalue weighted by molar-refractivity contribution is 6.35. The molecule has 32 heavy (non-hydrogen) atoms. The Morgan fingerprint density at radius 3 is 2.78 bits per heavy atom. The van der Waals surface area contributed by atoms with Gasteiger partial charge in [-0.25, -0.2) is 9.78 Å². The maximum Gasteiger partial charge on any atom is 0.407 e. The number of nitrogens with one attached hydrogen (secondary N) is 1. The van der Waals surface area contributed by atoms with Crippen LogP contribution in [-0.2, 0) is 0 Å². The smallest absolute Gasteiger partial charge is 0.407 e. The molecule has 2 amide bonds. The van der Waals surface area contributed by atoms with Crippen molar-refractivity contribution in [3.63, 3.8) is 0 Å². The number of benzene rings is 2. The highest BCUT2D eigenvalue weighted by Gasteiger charge is 2.30. The molecule has 5 rings (SSSR count). The third-order valence-electron chi connectivity index (χ3n) is 5.90. The van der Waals surface area contributed by atoms with Crippen molar-refractivity contribution in [3.05, 3.63) is 59.2 Å². The zero-order chi connectivity index (χ0) is 22.4. The Hall–Kier alpha value is -3.65. The van der Waals surface area contributed by atoms with Crippen molar-refractivity contribution in [3.8, 4) is 11.3 Å². The monoisotopic (exact) mass is 449 g/mol. The number of hydrogen-bond donors (Lipinski definition) is 2. The average Bonchev–Trinajstić information content (AvgIpc) is 3.25. The van der Waals surface area contributed by atoms with Gasteiger partial charge in [0.25, 0.3) is 5.91 Å². The number of halogens is 1. The molecule has 1 aliphatic heterocycles. The molecule has 1 fully saturated rings. The molecule has 162 valence electrons. The molecule has 0 unspecified atom stereocenters. The standard InChI is InChI=1S/C23H20ClN5O3/c1-13-12-28(6-7-29(13)23(31)32)22(30)15-2-4-17-18(24)10-20(26-21(17)9-15)14-3-5-19-16(8-14)11-25-27-19/h2-5,8-11,13H,6-7,12H2,1H3,(H,25,27)(H,31,32)/t13-/m0/s1. The summed E-state index contributed by atoms with van der Waals surface area (Å²) in [4.78, 5) is 32.2. The number of aromatic nitrogens is 3. The summed E-state index contributed by atoms with van der Waals surface area (Å²) in [6.45, 7) is 2.80. The maximum absolute atomic E-state index is 13.1. The first-order chi connectivity index (χ1) is 15.4. The van der Waals surface area contributed by atoms with E-state index in [1.165, 1.54) is 4.90 Å². The Balaban J connectivity index is 1.47. The lowest BCUT2D eigenvalue weighted by molar-refractivity contribution is 0.0507. The Labute approximate surface area is 188 Å². The molecule has 3 heterocycles. The molecule has 0 radical (unpaired) electrons. The first-order valence-corrected chi connectivity index (χ1v) is 10.6. The molecule has 2 aromatic carbocycles. The second-order valence-corrected chi connectivity index (χ2v) is 8.38. The highest BCUT2D eigenvalue weighted by atomic mass is 35.5. The Morgan fingerprint density at radius 1 is 1.16 bits per heavy atom. The van der Waals surface area contributed by atoms with Crippen molar-refractivity contribution in [2.75, 3.05) is 19.6 Å². The number of aromatic amines is 1. The van der Waals surface area contributed by atoms with Crippen LogP contribution in [0.3, 0.4) is 0 Å². The van der Waals surface area contributed by atoms with E-state index in [1.807, 2.05) is 24.3 Å². The molecule has 4 aromatic rings. The van der Waals surface area contributed by atoms with Crippen molar-refractivity contribution in [2.24, 2.45) is 0 Å². The number of rotatable bonds is 2. The lowest BCUT2D eigenvalue weighted by atomic mass is 10.1. The van der Waals surface area contributed by atoms with E-state index in [9.17, 15) is 14.7 Å². The lowest BCUT2D eigenvalue weighted by Gasteiger charge is -2.38. The normalized spacial score (nSPS) is 16.6. The van der Waals surface area contributed by atoms with Crippen LogP contribution >= 0.6 is 11.6 Å². The van der Waals surface area contributed by atoms with Gasteiger partial charge in [-0.2, -0.15) is 5.10 Å². The van der Waals surface area contributed by atoms with Gasteiger partial charge in [0.15, 0.2) is 0 Å². The molecule has 2 aromatic heterocycles. The van der Waals surface area contributed by atoms with E-state index >= 15 is 0 Å². The van der Waals surface area contributed by atoms with Crippen LogP contribution < -0.4 is 0 Å². The van der Waals surface area contributed by atoms with Crippen LogP contribution in [0.2, 0.25) is 5.02 Å². The third kappa shape index (κ3) is 3.52. The second kappa shape index (κ2) is 7.80. The summed E-state index contributed by atoms with van der Waals surface area (Å²) in [5.74, 6) is -0.146. The van der Waals surface area contributed by atoms with E-state index in [4.69, 9.17) is 16.6 Å². The van der Waals surface area contributed by atoms with Crippen LogP contribution in [0.4, 0.5) is 4.79 Å². The van der Waals surface area contributed by atoms with E-state index < -0.39 is 6.09 Å². The van der Waals surface area contributed by atoms with Gasteiger partial charge in [0.05, 0.1) is 27.9 Å². The minimum Gasteiger partial charge on any atom is -0.465 e. The summed E-state index contributed by atoms with van der Waals surface area (Å²) in [5.41, 5.74) is 3.67. The molecule has 0 spiro atoms. The van der Waals surface area contributed by atoms with Crippen molar-refractivity contribution in [1.29, 1.82) is 0 Å². The van der Waals surface area contributed by atoms with Gasteiger partial charge in [-0.05, 0) is 37.3 Å². The summed E-state index contributed by atoms with van der Waals surface area (Å²) in [7, 11) is 0. The van der Waals surface area contributed by atoms with Gasteiger partial charge in [-0.1, -0.05) is 23.7 Å². The number of carboxylic acid groups (broad SMARTS) is 1. The number of hydrogen-bond acceptors (Lipinski definition) is 4. The number of piperazine rings is 1. The topological polar surface area (TPSA) is 102 Å². The van der Waals surface area contributed by atoms with Gasteiger partial charge in [-0.15, -0.1) is 0 Å². The number of H-pyrrole nitrogens is 1. The molecular weight excluding hydrogens is 430 g/mol. The summed E-state index contributed by atoms with van der Waals surface area (Å²) in [6.07, 6.45) is 0.791. The first-order valence-electron chi connectivity index (χ1n) is 10.2. The van der Waals surface area contributed by atoms with Crippen LogP contribution in [0.1, 0.15) is 17.3 Å². The fraction of sp³-hybridized carbons (Fsp3) is 0.217. The number of carbonyl (C=O) groups is 2. The first kappa shape index (κ1) is 20.3. The van der Waals surface area contributed by atoms with E-state index in [0.29, 0.717) is 41.4 Å². The molecule has 8 nitrogen and oxygen atoms in total. The van der Waals surface area contributed by atoms with Crippen LogP contribution in [0.15, 0.2) is 48.7 Å². The largest absolute Gasteiger partial charge is 0.465 e. The minimum absolute atomic E-state index is 0.146. The third-order valence-corrected chi connectivity index (χ3v) is 6.22. The molecule has 0 saturated carbocycles. The van der Waals surface area contributed by atoms with Crippen molar-refractivity contribution < 1.29 is 14.7 Å². The molecule has 0 bridgehead atoms. The quantitative estimate of drug-likeness (QED) is 0.476. The van der Waals surface area contributed by atoms with Crippen molar-refractivity contribution >= 4 is 45.4 Å². The molecule has 2 N–H and O–H groups in total. The fourth-order valence-corrected chi connectivity index (χ4v) is 4.44. The number of carbonyl (C=O) groups excluding carboxylic acids is 1. The zero-order valence-electron chi connectivity index (χ0n) is 17.2. The zero-order valence-corrected chi connectivity index (χ0v) is 18.0. The lowest BCUT2D eigenvalue weighted by Crippen LogP contribution is -2.55.